The van der Waals surface area contributed by atoms with Crippen LogP contribution < -0.4 is 15.0 Å². The van der Waals surface area contributed by atoms with Crippen LogP contribution in [0, 0.1) is 0 Å². The molecule has 12 heteroatoms. The maximum Gasteiger partial charge on any atom is 0.522 e. The summed E-state index contributed by atoms with van der Waals surface area (Å²) in [6.07, 6.45) is -0.618. The van der Waals surface area contributed by atoms with E-state index in [1.54, 1.807) is 43.3 Å². The molecule has 1 aromatic heterocycles. The molecule has 0 spiro atoms. The van der Waals surface area contributed by atoms with E-state index in [0.29, 0.717) is 41.3 Å². The zero-order valence-corrected chi connectivity index (χ0v) is 19.9. The summed E-state index contributed by atoms with van der Waals surface area (Å²) in [5.41, 5.74) is 0.713. The fourth-order valence-electron chi connectivity index (χ4n) is 5.37. The summed E-state index contributed by atoms with van der Waals surface area (Å²) >= 11 is 5.99. The van der Waals surface area contributed by atoms with E-state index in [2.05, 4.69) is 15.2 Å². The van der Waals surface area contributed by atoms with Crippen molar-refractivity contribution < 1.29 is 32.5 Å². The number of likely N-dealkylation sites (N-methyl/N-ethyl adjacent to an activating group) is 1. The Hall–Kier alpha value is -2.50. The van der Waals surface area contributed by atoms with Crippen molar-refractivity contribution >= 4 is 23.2 Å². The molecular formula is C23H26ClF3N4O4. The number of alkyl halides is 3. The highest BCUT2D eigenvalue weighted by Gasteiger charge is 2.70. The van der Waals surface area contributed by atoms with Gasteiger partial charge < -0.3 is 20.1 Å². The summed E-state index contributed by atoms with van der Waals surface area (Å²) in [5, 5.41) is 18.4. The van der Waals surface area contributed by atoms with Gasteiger partial charge in [0.15, 0.2) is 6.10 Å². The van der Waals surface area contributed by atoms with Crippen LogP contribution in [0.2, 0.25) is 5.02 Å². The first-order valence-corrected chi connectivity index (χ1v) is 11.7. The molecule has 6 rings (SSSR count). The Bertz CT molecular complexity index is 1120. The molecule has 190 valence electrons. The van der Waals surface area contributed by atoms with Crippen LogP contribution in [-0.4, -0.2) is 58.5 Å². The lowest BCUT2D eigenvalue weighted by atomic mass is 9.44. The first-order valence-electron chi connectivity index (χ1n) is 11.3. The SMILES string of the molecule is C[C@@H](COC(F)(F)F)N(C)c1cnn(C23CC(NC(=O)[C@H]4C[C@@H](O)c5cc(Cl)ccc5O4)(C2)C3)c1. The third-order valence-corrected chi connectivity index (χ3v) is 7.57. The van der Waals surface area contributed by atoms with Crippen molar-refractivity contribution in [2.24, 2.45) is 0 Å². The predicted octanol–water partition coefficient (Wildman–Crippen LogP) is 3.53. The van der Waals surface area contributed by atoms with Gasteiger partial charge in [0, 0.05) is 41.8 Å². The average Bonchev–Trinajstić information content (AvgIpc) is 3.22. The number of aromatic nitrogens is 2. The minimum Gasteiger partial charge on any atom is -0.480 e. The Balaban J connectivity index is 1.16. The Kier molecular flexibility index (Phi) is 5.72. The van der Waals surface area contributed by atoms with Crippen LogP contribution in [0.1, 0.15) is 44.3 Å². The number of anilines is 1. The molecule has 3 aliphatic carbocycles. The third kappa shape index (κ3) is 4.45. The highest BCUT2D eigenvalue weighted by molar-refractivity contribution is 6.30. The Morgan fingerprint density at radius 1 is 1.43 bits per heavy atom. The zero-order valence-electron chi connectivity index (χ0n) is 19.2. The van der Waals surface area contributed by atoms with Crippen LogP contribution in [0.25, 0.3) is 0 Å². The number of hydrogen-bond donors (Lipinski definition) is 2. The molecule has 3 saturated carbocycles. The van der Waals surface area contributed by atoms with Crippen LogP contribution in [0.3, 0.4) is 0 Å². The van der Waals surface area contributed by atoms with E-state index >= 15 is 0 Å². The maximum absolute atomic E-state index is 12.9. The molecule has 8 nitrogen and oxygen atoms in total. The standard InChI is InChI=1S/C23H26ClF3N4O4/c1-13(9-34-23(25,26)27)30(2)15-7-28-31(8-15)22-10-21(11-22,12-22)29-20(33)19-6-17(32)16-5-14(24)3-4-18(16)35-19/h3-5,7-8,13,17,19,32H,6,9-12H2,1-2H3,(H,29,33)/t13-,17+,19+,21?,22?/m0/s1. The number of aliphatic hydroxyl groups excluding tert-OH is 1. The molecule has 4 aliphatic rings. The quantitative estimate of drug-likeness (QED) is 0.588. The zero-order chi connectivity index (χ0) is 25.2. The molecule has 35 heavy (non-hydrogen) atoms. The largest absolute Gasteiger partial charge is 0.522 e. The second-order valence-electron chi connectivity index (χ2n) is 9.92. The molecule has 3 fully saturated rings. The first kappa shape index (κ1) is 24.2. The minimum atomic E-state index is -4.66. The van der Waals surface area contributed by atoms with Gasteiger partial charge in [0.05, 0.1) is 30.1 Å². The van der Waals surface area contributed by atoms with Crippen molar-refractivity contribution in [3.63, 3.8) is 0 Å². The summed E-state index contributed by atoms with van der Waals surface area (Å²) in [4.78, 5) is 14.6. The predicted molar refractivity (Wildman–Crippen MR) is 120 cm³/mol. The monoisotopic (exact) mass is 514 g/mol. The smallest absolute Gasteiger partial charge is 0.480 e. The molecule has 1 aromatic carbocycles. The Labute approximate surface area is 204 Å². The fraction of sp³-hybridized carbons (Fsp3) is 0.565. The highest BCUT2D eigenvalue weighted by atomic mass is 35.5. The molecule has 2 heterocycles. The number of nitrogens with zero attached hydrogens (tertiary/aromatic N) is 3. The lowest BCUT2D eigenvalue weighted by Crippen LogP contribution is -2.79. The number of carbonyl (C=O) groups is 1. The highest BCUT2D eigenvalue weighted by Crippen LogP contribution is 2.65. The van der Waals surface area contributed by atoms with E-state index in [-0.39, 0.29) is 23.4 Å². The molecule has 2 bridgehead atoms. The number of aliphatic hydroxyl groups is 1. The van der Waals surface area contributed by atoms with Crippen molar-refractivity contribution in [2.75, 3.05) is 18.6 Å². The van der Waals surface area contributed by atoms with Crippen LogP contribution in [-0.2, 0) is 15.1 Å². The number of rotatable bonds is 7. The normalized spacial score (nSPS) is 29.8. The van der Waals surface area contributed by atoms with Gasteiger partial charge in [0.25, 0.3) is 5.91 Å². The number of hydrogen-bond acceptors (Lipinski definition) is 6. The van der Waals surface area contributed by atoms with E-state index in [0.717, 1.165) is 0 Å². The van der Waals surface area contributed by atoms with Crippen LogP contribution in [0.5, 0.6) is 5.75 Å². The molecule has 0 saturated heterocycles. The van der Waals surface area contributed by atoms with E-state index in [4.69, 9.17) is 16.3 Å². The molecule has 0 radical (unpaired) electrons. The van der Waals surface area contributed by atoms with E-state index in [9.17, 15) is 23.1 Å². The number of ether oxygens (including phenoxy) is 2. The topological polar surface area (TPSA) is 88.9 Å². The maximum atomic E-state index is 12.9. The summed E-state index contributed by atoms with van der Waals surface area (Å²) in [6.45, 7) is 1.16. The molecule has 3 atom stereocenters. The number of fused-ring (bicyclic) bond motifs is 1. The number of halogens is 4. The van der Waals surface area contributed by atoms with Gasteiger partial charge in [-0.15, -0.1) is 13.2 Å². The van der Waals surface area contributed by atoms with Crippen molar-refractivity contribution in [2.45, 2.75) is 68.3 Å². The second kappa shape index (κ2) is 8.28. The van der Waals surface area contributed by atoms with E-state index < -0.39 is 31.2 Å². The minimum absolute atomic E-state index is 0.144. The summed E-state index contributed by atoms with van der Waals surface area (Å²) in [6, 6.07) is 4.44. The van der Waals surface area contributed by atoms with Gasteiger partial charge in [-0.2, -0.15) is 5.10 Å². The summed E-state index contributed by atoms with van der Waals surface area (Å²) < 4.78 is 48.6. The van der Waals surface area contributed by atoms with Gasteiger partial charge in [-0.05, 0) is 44.4 Å². The van der Waals surface area contributed by atoms with Gasteiger partial charge in [-0.1, -0.05) is 11.6 Å². The lowest BCUT2D eigenvalue weighted by molar-refractivity contribution is -0.325. The summed E-state index contributed by atoms with van der Waals surface area (Å²) in [7, 11) is 1.69. The van der Waals surface area contributed by atoms with Crippen molar-refractivity contribution in [1.29, 1.82) is 0 Å². The van der Waals surface area contributed by atoms with E-state index in [1.807, 2.05) is 10.9 Å². The molecular weight excluding hydrogens is 489 g/mol. The van der Waals surface area contributed by atoms with Crippen molar-refractivity contribution in [1.82, 2.24) is 15.1 Å². The summed E-state index contributed by atoms with van der Waals surface area (Å²) in [5.74, 6) is 0.183. The number of carbonyl (C=O) groups excluding carboxylic acids is 1. The average molecular weight is 515 g/mol. The van der Waals surface area contributed by atoms with Gasteiger partial charge in [0.2, 0.25) is 0 Å². The van der Waals surface area contributed by atoms with Gasteiger partial charge in [-0.25, -0.2) is 0 Å². The Morgan fingerprint density at radius 2 is 2.14 bits per heavy atom. The van der Waals surface area contributed by atoms with Crippen molar-refractivity contribution in [3.8, 4) is 5.75 Å². The molecule has 2 N–H and O–H groups in total. The van der Waals surface area contributed by atoms with Crippen LogP contribution >= 0.6 is 11.6 Å². The molecule has 2 aromatic rings. The van der Waals surface area contributed by atoms with Crippen LogP contribution in [0.15, 0.2) is 30.6 Å². The number of benzene rings is 1. The van der Waals surface area contributed by atoms with Crippen LogP contribution in [0.4, 0.5) is 18.9 Å². The van der Waals surface area contributed by atoms with Gasteiger partial charge in [0.1, 0.15) is 5.75 Å². The number of amides is 1. The lowest BCUT2D eigenvalue weighted by Gasteiger charge is -2.70. The molecule has 1 aliphatic heterocycles. The number of nitrogens with one attached hydrogen (secondary N) is 1. The Morgan fingerprint density at radius 3 is 2.83 bits per heavy atom. The van der Waals surface area contributed by atoms with Gasteiger partial charge >= 0.3 is 6.36 Å². The first-order chi connectivity index (χ1) is 16.4. The van der Waals surface area contributed by atoms with Crippen molar-refractivity contribution in [3.05, 3.63) is 41.2 Å². The second-order valence-corrected chi connectivity index (χ2v) is 10.4. The van der Waals surface area contributed by atoms with E-state index in [1.165, 1.54) is 0 Å². The molecule has 1 amide bonds. The van der Waals surface area contributed by atoms with Gasteiger partial charge in [-0.3, -0.25) is 14.2 Å². The fourth-order valence-corrected chi connectivity index (χ4v) is 5.55. The molecule has 0 unspecified atom stereocenters. The third-order valence-electron chi connectivity index (χ3n) is 7.33.